The topological polar surface area (TPSA) is 71.4 Å². The third-order valence-corrected chi connectivity index (χ3v) is 5.24. The summed E-state index contributed by atoms with van der Waals surface area (Å²) in [5, 5.41) is 15.1. The molecule has 138 valence electrons. The Labute approximate surface area is 155 Å². The monoisotopic (exact) mass is 353 g/mol. The number of carbonyl (C=O) groups is 1. The van der Waals surface area contributed by atoms with Gasteiger partial charge in [-0.05, 0) is 49.1 Å². The molecule has 2 unspecified atom stereocenters. The summed E-state index contributed by atoms with van der Waals surface area (Å²) in [5.41, 5.74) is 1.75. The fraction of sp³-hybridized carbons (Fsp3) is 0.500. The van der Waals surface area contributed by atoms with Crippen LogP contribution in [0.1, 0.15) is 12.0 Å². The van der Waals surface area contributed by atoms with Crippen LogP contribution < -0.4 is 10.6 Å². The number of hydrogen-bond donors (Lipinski definition) is 2. The molecule has 6 nitrogen and oxygen atoms in total. The number of hydrogen-bond acceptors (Lipinski definition) is 4. The smallest absolute Gasteiger partial charge is 0.317 e. The van der Waals surface area contributed by atoms with Gasteiger partial charge in [0.2, 0.25) is 0 Å². The molecule has 2 fully saturated rings. The first kappa shape index (κ1) is 18.3. The molecule has 2 heterocycles. The molecule has 2 amide bonds. The van der Waals surface area contributed by atoms with E-state index in [9.17, 15) is 4.79 Å². The normalized spacial score (nSPS) is 21.9. The molecule has 0 aromatic heterocycles. The van der Waals surface area contributed by atoms with Gasteiger partial charge in [0.15, 0.2) is 0 Å². The lowest BCUT2D eigenvalue weighted by molar-refractivity contribution is 0.201. The van der Waals surface area contributed by atoms with Crippen LogP contribution in [0, 0.1) is 23.2 Å². The van der Waals surface area contributed by atoms with Crippen molar-refractivity contribution in [3.05, 3.63) is 42.5 Å². The van der Waals surface area contributed by atoms with Gasteiger partial charge in [-0.25, -0.2) is 4.79 Å². The first-order chi connectivity index (χ1) is 12.7. The summed E-state index contributed by atoms with van der Waals surface area (Å²) in [5.74, 6) is 1.21. The zero-order valence-electron chi connectivity index (χ0n) is 15.2. The average Bonchev–Trinajstić information content (AvgIpc) is 3.22. The second kappa shape index (κ2) is 8.72. The van der Waals surface area contributed by atoms with Gasteiger partial charge >= 0.3 is 6.03 Å². The van der Waals surface area contributed by atoms with Gasteiger partial charge in [0, 0.05) is 45.0 Å². The molecular weight excluding hydrogens is 326 g/mol. The lowest BCUT2D eigenvalue weighted by Crippen LogP contribution is -2.40. The SMILES string of the molecule is C=CCNC(=O)N1CC2CN(CCCNc3ccc(C#N)cc3)CC2C1. The maximum absolute atomic E-state index is 12.0. The fourth-order valence-corrected chi connectivity index (χ4v) is 3.91. The lowest BCUT2D eigenvalue weighted by Gasteiger charge is -2.21. The Morgan fingerprint density at radius 2 is 1.92 bits per heavy atom. The van der Waals surface area contributed by atoms with Crippen molar-refractivity contribution in [2.24, 2.45) is 11.8 Å². The van der Waals surface area contributed by atoms with Crippen LogP contribution in [0.4, 0.5) is 10.5 Å². The van der Waals surface area contributed by atoms with E-state index in [2.05, 4.69) is 28.2 Å². The number of benzene rings is 1. The lowest BCUT2D eigenvalue weighted by atomic mass is 10.0. The van der Waals surface area contributed by atoms with Crippen LogP contribution in [0.3, 0.4) is 0 Å². The Morgan fingerprint density at radius 1 is 1.23 bits per heavy atom. The summed E-state index contributed by atoms with van der Waals surface area (Å²) in [7, 11) is 0. The van der Waals surface area contributed by atoms with Crippen molar-refractivity contribution in [2.75, 3.05) is 51.1 Å². The van der Waals surface area contributed by atoms with Crippen LogP contribution in [0.15, 0.2) is 36.9 Å². The molecule has 26 heavy (non-hydrogen) atoms. The molecule has 0 aliphatic carbocycles. The zero-order valence-corrected chi connectivity index (χ0v) is 15.2. The Bertz CT molecular complexity index is 652. The number of nitrogens with zero attached hydrogens (tertiary/aromatic N) is 3. The largest absolute Gasteiger partial charge is 0.385 e. The van der Waals surface area contributed by atoms with Crippen LogP contribution in [0.25, 0.3) is 0 Å². The van der Waals surface area contributed by atoms with Gasteiger partial charge in [-0.3, -0.25) is 0 Å². The Kier molecular flexibility index (Phi) is 6.13. The minimum atomic E-state index is 0.0393. The van der Waals surface area contributed by atoms with Crippen molar-refractivity contribution in [1.82, 2.24) is 15.1 Å². The van der Waals surface area contributed by atoms with Gasteiger partial charge in [-0.2, -0.15) is 5.26 Å². The predicted octanol–water partition coefficient (Wildman–Crippen LogP) is 2.12. The number of nitriles is 1. The van der Waals surface area contributed by atoms with Crippen LogP contribution in [-0.4, -0.2) is 61.6 Å². The quantitative estimate of drug-likeness (QED) is 0.582. The molecule has 2 aliphatic heterocycles. The maximum atomic E-state index is 12.0. The number of nitrogens with one attached hydrogen (secondary N) is 2. The van der Waals surface area contributed by atoms with Gasteiger partial charge in [-0.1, -0.05) is 6.08 Å². The van der Waals surface area contributed by atoms with Crippen LogP contribution in [-0.2, 0) is 0 Å². The summed E-state index contributed by atoms with van der Waals surface area (Å²) in [6.07, 6.45) is 2.80. The van der Waals surface area contributed by atoms with E-state index in [4.69, 9.17) is 5.26 Å². The highest BCUT2D eigenvalue weighted by molar-refractivity contribution is 5.74. The number of likely N-dealkylation sites (tertiary alicyclic amines) is 2. The van der Waals surface area contributed by atoms with Crippen molar-refractivity contribution in [1.29, 1.82) is 5.26 Å². The van der Waals surface area contributed by atoms with Crippen molar-refractivity contribution < 1.29 is 4.79 Å². The number of fused-ring (bicyclic) bond motifs is 1. The van der Waals surface area contributed by atoms with Crippen molar-refractivity contribution in [3.63, 3.8) is 0 Å². The summed E-state index contributed by atoms with van der Waals surface area (Å²) >= 11 is 0. The van der Waals surface area contributed by atoms with Crippen LogP contribution >= 0.6 is 0 Å². The highest BCUT2D eigenvalue weighted by Crippen LogP contribution is 2.31. The summed E-state index contributed by atoms with van der Waals surface area (Å²) < 4.78 is 0. The second-order valence-corrected chi connectivity index (χ2v) is 7.13. The molecule has 0 bridgehead atoms. The molecule has 0 saturated carbocycles. The van der Waals surface area contributed by atoms with Gasteiger partial charge < -0.3 is 20.4 Å². The number of anilines is 1. The van der Waals surface area contributed by atoms with Crippen molar-refractivity contribution in [3.8, 4) is 6.07 Å². The molecule has 2 aliphatic rings. The van der Waals surface area contributed by atoms with E-state index in [1.807, 2.05) is 29.2 Å². The molecule has 6 heteroatoms. The standard InChI is InChI=1S/C20H27N5O/c1-2-8-23-20(26)25-14-17-12-24(13-18(17)15-25)10-3-9-22-19-6-4-16(11-21)5-7-19/h2,4-7,17-18,22H,1,3,8-10,12-15H2,(H,23,26). The van der Waals surface area contributed by atoms with Gasteiger partial charge in [0.1, 0.15) is 0 Å². The van der Waals surface area contributed by atoms with Crippen LogP contribution in [0.2, 0.25) is 0 Å². The number of carbonyl (C=O) groups excluding carboxylic acids is 1. The van der Waals surface area contributed by atoms with E-state index in [-0.39, 0.29) is 6.03 Å². The highest BCUT2D eigenvalue weighted by Gasteiger charge is 2.41. The van der Waals surface area contributed by atoms with Crippen LogP contribution in [0.5, 0.6) is 0 Å². The molecule has 2 N–H and O–H groups in total. The van der Waals surface area contributed by atoms with Gasteiger partial charge in [0.05, 0.1) is 11.6 Å². The van der Waals surface area contributed by atoms with Gasteiger partial charge in [0.25, 0.3) is 0 Å². The molecule has 1 aromatic rings. The third-order valence-electron chi connectivity index (χ3n) is 5.24. The second-order valence-electron chi connectivity index (χ2n) is 7.13. The molecule has 2 saturated heterocycles. The molecule has 1 aromatic carbocycles. The number of rotatable bonds is 7. The molecule has 0 radical (unpaired) electrons. The van der Waals surface area contributed by atoms with E-state index in [0.29, 0.717) is 23.9 Å². The maximum Gasteiger partial charge on any atom is 0.317 e. The first-order valence-electron chi connectivity index (χ1n) is 9.29. The fourth-order valence-electron chi connectivity index (χ4n) is 3.91. The minimum absolute atomic E-state index is 0.0393. The Morgan fingerprint density at radius 3 is 2.54 bits per heavy atom. The minimum Gasteiger partial charge on any atom is -0.385 e. The van der Waals surface area contributed by atoms with Crippen molar-refractivity contribution >= 4 is 11.7 Å². The predicted molar refractivity (Wildman–Crippen MR) is 103 cm³/mol. The molecule has 0 spiro atoms. The number of urea groups is 1. The number of amides is 2. The highest BCUT2D eigenvalue weighted by atomic mass is 16.2. The third kappa shape index (κ3) is 4.55. The van der Waals surface area contributed by atoms with E-state index in [1.54, 1.807) is 6.08 Å². The van der Waals surface area contributed by atoms with E-state index in [1.165, 1.54) is 0 Å². The molecular formula is C20H27N5O. The average molecular weight is 353 g/mol. The summed E-state index contributed by atoms with van der Waals surface area (Å²) in [6, 6.07) is 9.74. The summed E-state index contributed by atoms with van der Waals surface area (Å²) in [6.45, 7) is 10.1. The van der Waals surface area contributed by atoms with E-state index in [0.717, 1.165) is 51.4 Å². The van der Waals surface area contributed by atoms with E-state index >= 15 is 0 Å². The van der Waals surface area contributed by atoms with Crippen molar-refractivity contribution in [2.45, 2.75) is 6.42 Å². The Hall–Kier alpha value is -2.52. The zero-order chi connectivity index (χ0) is 18.4. The molecule has 3 rings (SSSR count). The first-order valence-corrected chi connectivity index (χ1v) is 9.29. The molecule has 2 atom stereocenters. The summed E-state index contributed by atoms with van der Waals surface area (Å²) in [4.78, 5) is 16.5. The van der Waals surface area contributed by atoms with Gasteiger partial charge in [-0.15, -0.1) is 6.58 Å². The Balaban J connectivity index is 1.33. The van der Waals surface area contributed by atoms with E-state index < -0.39 is 0 Å².